The number of hydrogen-bond acceptors (Lipinski definition) is 4. The zero-order chi connectivity index (χ0) is 67.2. The Labute approximate surface area is 604 Å². The molecule has 0 saturated heterocycles. The molecule has 6 aliphatic carbocycles. The van der Waals surface area contributed by atoms with Gasteiger partial charge >= 0.3 is 0 Å². The molecule has 0 bridgehead atoms. The maximum absolute atomic E-state index is 8.43. The van der Waals surface area contributed by atoms with Crippen molar-refractivity contribution in [2.45, 2.75) is 106 Å². The first-order chi connectivity index (χ1) is 49.9. The van der Waals surface area contributed by atoms with E-state index in [2.05, 4.69) is 323 Å². The van der Waals surface area contributed by atoms with Gasteiger partial charge in [-0.1, -0.05) is 263 Å². The lowest BCUT2D eigenvalue weighted by Gasteiger charge is -2.37. The molecule has 4 nitrogen and oxygen atoms in total. The molecule has 6 heteroatoms. The van der Waals surface area contributed by atoms with E-state index in [9.17, 15) is 0 Å². The number of para-hydroxylation sites is 3. The van der Waals surface area contributed by atoms with Crippen molar-refractivity contribution in [2.75, 3.05) is 19.6 Å². The standard InChI is InChI=1S/C95H78Cl2N4/c96-91-86(47-27-48-87(91)99(68-33-8-2-9-34-68)72-52-54-83-79(63-72)76-41-14-16-44-81(76)93(83)55-18-4-19-56-93)98(67-31-6-1-7-32-67)70-37-24-29-65(61-70)66-30-25-38-71(62-66)100(73-51-53-77-74-39-12-15-43-80(74)94(84(77)64-73)57-20-5-21-58-94)88-49-28-50-89(92(88)97)101(69-35-10-3-11-36-69)85-46-26-42-78-75-40-13-17-45-82(75)95(90(78)85)59-22-23-60-95/h1-3,6-17,24-54,61-64H,4-5,18-23,55-60H2. The van der Waals surface area contributed by atoms with Gasteiger partial charge in [0.25, 0.3) is 0 Å². The molecule has 0 radical (unpaired) electrons. The molecule has 0 aromatic heterocycles. The van der Waals surface area contributed by atoms with Crippen LogP contribution in [0.15, 0.2) is 303 Å². The van der Waals surface area contributed by atoms with Crippen LogP contribution in [0.5, 0.6) is 0 Å². The average Bonchev–Trinajstić information content (AvgIpc) is 1.57. The first kappa shape index (κ1) is 61.7. The third kappa shape index (κ3) is 9.91. The zero-order valence-corrected chi connectivity index (χ0v) is 58.3. The van der Waals surface area contributed by atoms with Gasteiger partial charge < -0.3 is 19.6 Å². The molecule has 13 aromatic rings. The van der Waals surface area contributed by atoms with E-state index < -0.39 is 0 Å². The third-order valence-electron chi connectivity index (χ3n) is 23.9. The molecule has 13 aromatic carbocycles. The summed E-state index contributed by atoms with van der Waals surface area (Å²) in [7, 11) is 0. The highest BCUT2D eigenvalue weighted by Gasteiger charge is 2.49. The Morgan fingerprint density at radius 1 is 0.208 bits per heavy atom. The summed E-state index contributed by atoms with van der Waals surface area (Å²) < 4.78 is 0. The van der Waals surface area contributed by atoms with E-state index in [-0.39, 0.29) is 16.2 Å². The molecule has 0 atom stereocenters. The molecule has 492 valence electrons. The van der Waals surface area contributed by atoms with Crippen molar-refractivity contribution in [2.24, 2.45) is 0 Å². The van der Waals surface area contributed by atoms with Gasteiger partial charge in [0.15, 0.2) is 0 Å². The summed E-state index contributed by atoms with van der Waals surface area (Å²) in [6.45, 7) is 0. The van der Waals surface area contributed by atoms with Crippen LogP contribution in [-0.4, -0.2) is 0 Å². The lowest BCUT2D eigenvalue weighted by atomic mass is 9.68. The lowest BCUT2D eigenvalue weighted by Crippen LogP contribution is -2.28. The van der Waals surface area contributed by atoms with Gasteiger partial charge in [-0.3, -0.25) is 0 Å². The van der Waals surface area contributed by atoms with E-state index in [4.69, 9.17) is 23.2 Å². The number of nitrogens with zero attached hydrogens (tertiary/aromatic N) is 4. The Balaban J connectivity index is 0.751. The number of benzene rings is 13. The normalized spacial score (nSPS) is 15.9. The molecule has 0 amide bonds. The van der Waals surface area contributed by atoms with Crippen LogP contribution in [0.3, 0.4) is 0 Å². The highest BCUT2D eigenvalue weighted by molar-refractivity contribution is 6.37. The van der Waals surface area contributed by atoms with Gasteiger partial charge in [0.05, 0.1) is 38.5 Å². The van der Waals surface area contributed by atoms with E-state index in [0.29, 0.717) is 10.0 Å². The van der Waals surface area contributed by atoms with Crippen molar-refractivity contribution in [1.82, 2.24) is 0 Å². The molecule has 3 spiro atoms. The second kappa shape index (κ2) is 25.1. The second-order valence-electron chi connectivity index (χ2n) is 29.0. The summed E-state index contributed by atoms with van der Waals surface area (Å²) in [6, 6.07) is 113. The summed E-state index contributed by atoms with van der Waals surface area (Å²) in [5.74, 6) is 0. The van der Waals surface area contributed by atoms with Gasteiger partial charge in [0.1, 0.15) is 0 Å². The van der Waals surface area contributed by atoms with E-state index in [1.165, 1.54) is 137 Å². The first-order valence-corrected chi connectivity index (χ1v) is 37.5. The predicted octanol–water partition coefficient (Wildman–Crippen LogP) is 27.8. The first-order valence-electron chi connectivity index (χ1n) is 36.7. The van der Waals surface area contributed by atoms with E-state index >= 15 is 0 Å². The highest BCUT2D eigenvalue weighted by atomic mass is 35.5. The molecule has 0 N–H and O–H groups in total. The number of anilines is 12. The third-order valence-corrected chi connectivity index (χ3v) is 24.6. The van der Waals surface area contributed by atoms with Gasteiger partial charge in [-0.15, -0.1) is 0 Å². The molecule has 6 aliphatic rings. The minimum atomic E-state index is -0.0894. The van der Waals surface area contributed by atoms with Gasteiger partial charge in [-0.05, 0) is 232 Å². The smallest absolute Gasteiger partial charge is 0.0887 e. The van der Waals surface area contributed by atoms with Crippen molar-refractivity contribution in [3.8, 4) is 44.5 Å². The van der Waals surface area contributed by atoms with Crippen LogP contribution in [0, 0.1) is 0 Å². The maximum atomic E-state index is 8.43. The molecule has 101 heavy (non-hydrogen) atoms. The predicted molar refractivity (Wildman–Crippen MR) is 424 cm³/mol. The Morgan fingerprint density at radius 2 is 0.535 bits per heavy atom. The fourth-order valence-electron chi connectivity index (χ4n) is 19.6. The topological polar surface area (TPSA) is 13.0 Å². The summed E-state index contributed by atoms with van der Waals surface area (Å²) in [5.41, 5.74) is 30.8. The van der Waals surface area contributed by atoms with Crippen molar-refractivity contribution in [3.05, 3.63) is 347 Å². The Morgan fingerprint density at radius 3 is 1.07 bits per heavy atom. The molecular formula is C95H78Cl2N4. The van der Waals surface area contributed by atoms with E-state index in [1.807, 2.05) is 0 Å². The lowest BCUT2D eigenvalue weighted by molar-refractivity contribution is 0.353. The second-order valence-corrected chi connectivity index (χ2v) is 29.8. The van der Waals surface area contributed by atoms with Crippen LogP contribution in [0.25, 0.3) is 44.5 Å². The molecule has 0 aliphatic heterocycles. The van der Waals surface area contributed by atoms with E-state index in [0.717, 1.165) is 99.4 Å². The van der Waals surface area contributed by atoms with Gasteiger partial charge in [-0.2, -0.15) is 0 Å². The van der Waals surface area contributed by atoms with E-state index in [1.54, 1.807) is 0 Å². The zero-order valence-electron chi connectivity index (χ0n) is 56.8. The average molecular weight is 1350 g/mol. The number of hydrogen-bond donors (Lipinski definition) is 0. The highest BCUT2D eigenvalue weighted by Crippen LogP contribution is 2.63. The molecule has 19 rings (SSSR count). The van der Waals surface area contributed by atoms with Crippen molar-refractivity contribution in [3.63, 3.8) is 0 Å². The Hall–Kier alpha value is -10.4. The number of fused-ring (bicyclic) bond motifs is 15. The van der Waals surface area contributed by atoms with Gasteiger partial charge in [0.2, 0.25) is 0 Å². The Kier molecular flexibility index (Phi) is 15.3. The number of halogens is 2. The van der Waals surface area contributed by atoms with Crippen LogP contribution >= 0.6 is 23.2 Å². The summed E-state index contributed by atoms with van der Waals surface area (Å²) in [4.78, 5) is 9.58. The van der Waals surface area contributed by atoms with Gasteiger partial charge in [-0.25, -0.2) is 0 Å². The van der Waals surface area contributed by atoms with Crippen LogP contribution in [0.2, 0.25) is 10.0 Å². The SMILES string of the molecule is Clc1c(N(c2ccccc2)c2cccc(-c3cccc(N(c4ccc5c(c4)C4(CCCCC4)c4ccccc4-5)c4cccc(N(c5ccccc5)c5cccc6c5C5(CCCC5)c5ccccc5-6)c4Cl)c3)c2)cccc1N(c1ccccc1)c1ccc2c(c1)-c1ccccc1C21CCCCC1. The van der Waals surface area contributed by atoms with Crippen molar-refractivity contribution in [1.29, 1.82) is 0 Å². The van der Waals surface area contributed by atoms with Gasteiger partial charge in [0, 0.05) is 56.1 Å². The fourth-order valence-corrected chi connectivity index (χ4v) is 20.2. The quantitative estimate of drug-likeness (QED) is 0.114. The van der Waals surface area contributed by atoms with Crippen LogP contribution < -0.4 is 19.6 Å². The number of rotatable bonds is 13. The summed E-state index contributed by atoms with van der Waals surface area (Å²) >= 11 is 16.6. The summed E-state index contributed by atoms with van der Waals surface area (Å²) in [6.07, 6.45) is 16.7. The summed E-state index contributed by atoms with van der Waals surface area (Å²) in [5, 5.41) is 1.32. The van der Waals surface area contributed by atoms with Crippen LogP contribution in [-0.2, 0) is 16.2 Å². The molecule has 0 unspecified atom stereocenters. The maximum Gasteiger partial charge on any atom is 0.0887 e. The fraction of sp³-hybridized carbons (Fsp3) is 0.179. The minimum Gasteiger partial charge on any atom is -0.309 e. The van der Waals surface area contributed by atoms with Crippen molar-refractivity contribution < 1.29 is 0 Å². The minimum absolute atomic E-state index is 0.0543. The molecule has 3 fully saturated rings. The van der Waals surface area contributed by atoms with Crippen LogP contribution in [0.1, 0.15) is 123 Å². The molecule has 0 heterocycles. The molecular weight excluding hydrogens is 1270 g/mol. The monoisotopic (exact) mass is 1340 g/mol. The largest absolute Gasteiger partial charge is 0.309 e. The van der Waals surface area contributed by atoms with Crippen molar-refractivity contribution >= 4 is 91.5 Å². The Bertz CT molecular complexity index is 5330. The van der Waals surface area contributed by atoms with Crippen LogP contribution in [0.4, 0.5) is 68.2 Å². The molecule has 3 saturated carbocycles.